The minimum atomic E-state index is 0.0404. The van der Waals surface area contributed by atoms with Gasteiger partial charge in [0.25, 0.3) is 0 Å². The molecule has 0 saturated carbocycles. The Kier molecular flexibility index (Phi) is 3.61. The van der Waals surface area contributed by atoms with Crippen molar-refractivity contribution < 1.29 is 0 Å². The van der Waals surface area contributed by atoms with Crippen molar-refractivity contribution in [2.75, 3.05) is 0 Å². The van der Waals surface area contributed by atoms with Crippen LogP contribution in [-0.2, 0) is 13.5 Å². The second-order valence-corrected chi connectivity index (χ2v) is 5.07. The lowest BCUT2D eigenvalue weighted by Gasteiger charge is -2.15. The van der Waals surface area contributed by atoms with E-state index >= 15 is 0 Å². The molecule has 17 heavy (non-hydrogen) atoms. The summed E-state index contributed by atoms with van der Waals surface area (Å²) in [6.45, 7) is 4.22. The molecule has 0 radical (unpaired) electrons. The van der Waals surface area contributed by atoms with Crippen molar-refractivity contribution in [3.8, 4) is 0 Å². The molecule has 0 aliphatic rings. The largest absolute Gasteiger partial charge is 0.275 e. The fourth-order valence-electron chi connectivity index (χ4n) is 2.06. The van der Waals surface area contributed by atoms with Crippen LogP contribution in [0.15, 0.2) is 17.6 Å². The average molecular weight is 250 g/mol. The average Bonchev–Trinajstić information content (AvgIpc) is 2.88. The summed E-state index contributed by atoms with van der Waals surface area (Å²) in [6, 6.07) is 2.16. The van der Waals surface area contributed by atoms with Gasteiger partial charge >= 0.3 is 0 Å². The first-order valence-corrected chi connectivity index (χ1v) is 6.57. The van der Waals surface area contributed by atoms with Gasteiger partial charge in [-0.25, -0.2) is 5.43 Å². The second kappa shape index (κ2) is 5.00. The summed E-state index contributed by atoms with van der Waals surface area (Å²) in [5.74, 6) is 5.72. The normalized spacial score (nSPS) is 12.9. The topological polar surface area (TPSA) is 55.9 Å². The maximum Gasteiger partial charge on any atom is 0.0838 e. The Morgan fingerprint density at radius 3 is 2.88 bits per heavy atom. The van der Waals surface area contributed by atoms with Gasteiger partial charge in [-0.1, -0.05) is 6.92 Å². The highest BCUT2D eigenvalue weighted by Crippen LogP contribution is 2.30. The Morgan fingerprint density at radius 1 is 1.59 bits per heavy atom. The smallest absolute Gasteiger partial charge is 0.0838 e. The molecular formula is C12H18N4S. The molecule has 92 valence electrons. The number of aryl methyl sites for hydroxylation is 3. The molecule has 0 bridgehead atoms. The van der Waals surface area contributed by atoms with Crippen LogP contribution < -0.4 is 11.3 Å². The van der Waals surface area contributed by atoms with E-state index in [-0.39, 0.29) is 6.04 Å². The molecule has 0 saturated heterocycles. The number of nitrogens with zero attached hydrogens (tertiary/aromatic N) is 2. The third-order valence-corrected chi connectivity index (χ3v) is 4.00. The predicted molar refractivity (Wildman–Crippen MR) is 70.8 cm³/mol. The lowest BCUT2D eigenvalue weighted by atomic mass is 10.0. The van der Waals surface area contributed by atoms with Crippen LogP contribution in [0.1, 0.15) is 34.7 Å². The second-order valence-electron chi connectivity index (χ2n) is 4.13. The molecular weight excluding hydrogens is 232 g/mol. The Balaban J connectivity index is 2.45. The number of hydrogen-bond acceptors (Lipinski definition) is 4. The van der Waals surface area contributed by atoms with Crippen molar-refractivity contribution >= 4 is 11.3 Å². The van der Waals surface area contributed by atoms with Crippen LogP contribution in [0.4, 0.5) is 0 Å². The third-order valence-electron chi connectivity index (χ3n) is 2.91. The van der Waals surface area contributed by atoms with Gasteiger partial charge < -0.3 is 0 Å². The fraction of sp³-hybridized carbons (Fsp3) is 0.417. The van der Waals surface area contributed by atoms with Crippen LogP contribution in [0.5, 0.6) is 0 Å². The molecule has 2 heterocycles. The van der Waals surface area contributed by atoms with E-state index in [9.17, 15) is 0 Å². The van der Waals surface area contributed by atoms with Crippen molar-refractivity contribution in [1.82, 2.24) is 15.2 Å². The first-order chi connectivity index (χ1) is 8.17. The van der Waals surface area contributed by atoms with E-state index in [0.717, 1.165) is 12.1 Å². The van der Waals surface area contributed by atoms with Crippen molar-refractivity contribution in [3.63, 3.8) is 0 Å². The number of hydrogen-bond donors (Lipinski definition) is 2. The molecule has 2 aromatic heterocycles. The van der Waals surface area contributed by atoms with Gasteiger partial charge in [-0.2, -0.15) is 5.10 Å². The third kappa shape index (κ3) is 2.26. The standard InChI is InChI=1S/C12H18N4S/c1-4-10-9(7-16(3)15-10)11(14-13)12-8(2)5-6-17-12/h5-7,11,14H,4,13H2,1-3H3. The van der Waals surface area contributed by atoms with Gasteiger partial charge in [0, 0.05) is 23.7 Å². The summed E-state index contributed by atoms with van der Waals surface area (Å²) in [4.78, 5) is 1.26. The molecule has 0 amide bonds. The minimum absolute atomic E-state index is 0.0404. The summed E-state index contributed by atoms with van der Waals surface area (Å²) < 4.78 is 1.85. The van der Waals surface area contributed by atoms with Crippen molar-refractivity contribution in [2.45, 2.75) is 26.3 Å². The van der Waals surface area contributed by atoms with Crippen molar-refractivity contribution in [2.24, 2.45) is 12.9 Å². The highest BCUT2D eigenvalue weighted by Gasteiger charge is 2.20. The van der Waals surface area contributed by atoms with Crippen molar-refractivity contribution in [3.05, 3.63) is 39.3 Å². The predicted octanol–water partition coefficient (Wildman–Crippen LogP) is 1.91. The van der Waals surface area contributed by atoms with E-state index in [4.69, 9.17) is 5.84 Å². The maximum atomic E-state index is 5.72. The van der Waals surface area contributed by atoms with E-state index in [1.54, 1.807) is 11.3 Å². The number of rotatable bonds is 4. The van der Waals surface area contributed by atoms with Crippen LogP contribution in [-0.4, -0.2) is 9.78 Å². The summed E-state index contributed by atoms with van der Waals surface area (Å²) in [6.07, 6.45) is 2.96. The first-order valence-electron chi connectivity index (χ1n) is 5.69. The molecule has 5 heteroatoms. The summed E-state index contributed by atoms with van der Waals surface area (Å²) >= 11 is 1.73. The van der Waals surface area contributed by atoms with E-state index < -0.39 is 0 Å². The maximum absolute atomic E-state index is 5.72. The number of aromatic nitrogens is 2. The molecule has 4 nitrogen and oxygen atoms in total. The number of nitrogens with one attached hydrogen (secondary N) is 1. The molecule has 1 unspecified atom stereocenters. The van der Waals surface area contributed by atoms with Crippen LogP contribution in [0.2, 0.25) is 0 Å². The van der Waals surface area contributed by atoms with Crippen molar-refractivity contribution in [1.29, 1.82) is 0 Å². The molecule has 1 atom stereocenters. The lowest BCUT2D eigenvalue weighted by Crippen LogP contribution is -2.29. The highest BCUT2D eigenvalue weighted by atomic mass is 32.1. The van der Waals surface area contributed by atoms with Crippen LogP contribution >= 0.6 is 11.3 Å². The minimum Gasteiger partial charge on any atom is -0.275 e. The Labute approximate surface area is 105 Å². The monoisotopic (exact) mass is 250 g/mol. The first kappa shape index (κ1) is 12.3. The van der Waals surface area contributed by atoms with Gasteiger partial charge in [0.05, 0.1) is 11.7 Å². The van der Waals surface area contributed by atoms with Gasteiger partial charge in [-0.3, -0.25) is 10.5 Å². The van der Waals surface area contributed by atoms with E-state index in [2.05, 4.69) is 35.8 Å². The molecule has 2 rings (SSSR count). The summed E-state index contributed by atoms with van der Waals surface area (Å²) in [7, 11) is 1.94. The number of hydrazine groups is 1. The quantitative estimate of drug-likeness (QED) is 0.644. The molecule has 2 aromatic rings. The molecule has 0 aromatic carbocycles. The van der Waals surface area contributed by atoms with E-state index in [0.29, 0.717) is 0 Å². The van der Waals surface area contributed by atoms with E-state index in [1.807, 2.05) is 17.9 Å². The van der Waals surface area contributed by atoms with Gasteiger partial charge in [-0.05, 0) is 30.4 Å². The molecule has 0 aliphatic heterocycles. The zero-order valence-corrected chi connectivity index (χ0v) is 11.2. The van der Waals surface area contributed by atoms with Crippen LogP contribution in [0.3, 0.4) is 0 Å². The van der Waals surface area contributed by atoms with E-state index in [1.165, 1.54) is 16.0 Å². The van der Waals surface area contributed by atoms with Gasteiger partial charge in [0.1, 0.15) is 0 Å². The summed E-state index contributed by atoms with van der Waals surface area (Å²) in [5.41, 5.74) is 6.44. The number of nitrogens with two attached hydrogens (primary N) is 1. The molecule has 0 aliphatic carbocycles. The lowest BCUT2D eigenvalue weighted by molar-refractivity contribution is 0.638. The molecule has 3 N–H and O–H groups in total. The zero-order valence-electron chi connectivity index (χ0n) is 10.4. The molecule has 0 spiro atoms. The summed E-state index contributed by atoms with van der Waals surface area (Å²) in [5, 5.41) is 6.56. The SMILES string of the molecule is CCc1nn(C)cc1C(NN)c1sccc1C. The Hall–Kier alpha value is -1.17. The van der Waals surface area contributed by atoms with Crippen LogP contribution in [0, 0.1) is 6.92 Å². The highest BCUT2D eigenvalue weighted by molar-refractivity contribution is 7.10. The van der Waals surface area contributed by atoms with Gasteiger partial charge in [0.15, 0.2) is 0 Å². The Bertz CT molecular complexity index is 500. The fourth-order valence-corrected chi connectivity index (χ4v) is 3.06. The van der Waals surface area contributed by atoms with Gasteiger partial charge in [-0.15, -0.1) is 11.3 Å². The van der Waals surface area contributed by atoms with Crippen LogP contribution in [0.25, 0.3) is 0 Å². The number of thiophene rings is 1. The Morgan fingerprint density at radius 2 is 2.35 bits per heavy atom. The molecule has 0 fully saturated rings. The zero-order chi connectivity index (χ0) is 12.4. The van der Waals surface area contributed by atoms with Gasteiger partial charge in [0.2, 0.25) is 0 Å².